The van der Waals surface area contributed by atoms with E-state index in [4.69, 9.17) is 32.7 Å². The topological polar surface area (TPSA) is 49.2 Å². The van der Waals surface area contributed by atoms with E-state index in [-0.39, 0.29) is 6.54 Å². The van der Waals surface area contributed by atoms with E-state index in [0.717, 1.165) is 0 Å². The zero-order valence-corrected chi connectivity index (χ0v) is 14.4. The first-order valence-corrected chi connectivity index (χ1v) is 8.17. The van der Waals surface area contributed by atoms with Crippen molar-refractivity contribution in [2.24, 2.45) is 0 Å². The second-order valence-electron chi connectivity index (χ2n) is 5.72. The van der Waals surface area contributed by atoms with Crippen LogP contribution in [0.15, 0.2) is 30.9 Å². The summed E-state index contributed by atoms with van der Waals surface area (Å²) in [5.41, 5.74) is -0.363. The molecule has 3 rings (SSSR count). The Bertz CT molecular complexity index is 727. The summed E-state index contributed by atoms with van der Waals surface area (Å²) in [5.74, 6) is 0. The lowest BCUT2D eigenvalue weighted by Crippen LogP contribution is -2.34. The molecule has 1 saturated heterocycles. The van der Waals surface area contributed by atoms with E-state index in [1.807, 2.05) is 0 Å². The van der Waals surface area contributed by atoms with Gasteiger partial charge in [-0.05, 0) is 18.6 Å². The van der Waals surface area contributed by atoms with Gasteiger partial charge < -0.3 is 9.47 Å². The van der Waals surface area contributed by atoms with Crippen molar-refractivity contribution in [3.63, 3.8) is 0 Å². The molecule has 5 nitrogen and oxygen atoms in total. The summed E-state index contributed by atoms with van der Waals surface area (Å²) in [6.07, 6.45) is -1.83. The van der Waals surface area contributed by atoms with E-state index in [2.05, 4.69) is 10.1 Å². The van der Waals surface area contributed by atoms with Gasteiger partial charge in [-0.2, -0.15) is 18.3 Å². The molecule has 0 radical (unpaired) electrons. The highest BCUT2D eigenvalue weighted by Gasteiger charge is 2.45. The SMILES string of the molecule is FC(F)(F)CO[C@H]1CC[C@@](Cn2cncn2)([14c]2[14cH][14cH][14c](Cl)[14cH][14c]2Cl)O1. The van der Waals surface area contributed by atoms with Gasteiger partial charge in [0.25, 0.3) is 0 Å². The molecule has 2 atom stereocenters. The molecule has 0 spiro atoms. The normalized spacial score (nSPS) is 24.0. The maximum atomic E-state index is 12.4. The van der Waals surface area contributed by atoms with Crippen molar-refractivity contribution in [3.8, 4) is 0 Å². The van der Waals surface area contributed by atoms with Crippen molar-refractivity contribution in [2.45, 2.75) is 37.5 Å². The Hall–Kier alpha value is -1.35. The Morgan fingerprint density at radius 2 is 2.20 bits per heavy atom. The Kier molecular flexibility index (Phi) is 5.24. The van der Waals surface area contributed by atoms with Gasteiger partial charge in [0.1, 0.15) is 24.9 Å². The molecule has 0 N–H and O–H groups in total. The predicted octanol–water partition coefficient (Wildman–Crippen LogP) is 4.20. The zero-order valence-electron chi connectivity index (χ0n) is 12.8. The second-order valence-corrected chi connectivity index (χ2v) is 6.57. The first-order valence-electron chi connectivity index (χ1n) is 7.42. The number of hydrogen-bond acceptors (Lipinski definition) is 4. The number of benzene rings is 1. The van der Waals surface area contributed by atoms with Crippen molar-refractivity contribution in [3.05, 3.63) is 46.5 Å². The summed E-state index contributed by atoms with van der Waals surface area (Å²) in [6, 6.07) is 4.92. The minimum absolute atomic E-state index is 0.236. The molecule has 1 fully saturated rings. The zero-order chi connectivity index (χ0) is 18.1. The van der Waals surface area contributed by atoms with Crippen molar-refractivity contribution >= 4 is 23.2 Å². The van der Waals surface area contributed by atoms with Crippen molar-refractivity contribution < 1.29 is 22.6 Å². The van der Waals surface area contributed by atoms with Gasteiger partial charge in [0.05, 0.1) is 6.54 Å². The molecule has 0 unspecified atom stereocenters. The molecule has 2 aromatic rings. The summed E-state index contributed by atoms with van der Waals surface area (Å²) in [7, 11) is 0. The van der Waals surface area contributed by atoms with Crippen molar-refractivity contribution in [1.29, 1.82) is 0 Å². The Balaban J connectivity index is 1.86. The van der Waals surface area contributed by atoms with Crippen LogP contribution in [0.5, 0.6) is 0 Å². The Morgan fingerprint density at radius 3 is 2.84 bits per heavy atom. The van der Waals surface area contributed by atoms with Crippen LogP contribution in [0.2, 0.25) is 10.0 Å². The minimum Gasteiger partial charge on any atom is -0.343 e. The predicted molar refractivity (Wildman–Crippen MR) is 84.3 cm³/mol. The smallest absolute Gasteiger partial charge is 0.343 e. The number of aromatic nitrogens is 3. The number of nitrogens with zero attached hydrogens (tertiary/aromatic N) is 3. The molecule has 0 amide bonds. The molecule has 0 bridgehead atoms. The van der Waals surface area contributed by atoms with Crippen molar-refractivity contribution in [1.82, 2.24) is 14.8 Å². The van der Waals surface area contributed by atoms with Crippen LogP contribution in [0.3, 0.4) is 0 Å². The van der Waals surface area contributed by atoms with Crippen LogP contribution in [0.1, 0.15) is 18.4 Å². The fourth-order valence-corrected chi connectivity index (χ4v) is 3.44. The molecule has 0 aliphatic carbocycles. The van der Waals surface area contributed by atoms with Gasteiger partial charge in [-0.15, -0.1) is 0 Å². The molecule has 0 saturated carbocycles. The molecule has 1 aliphatic rings. The number of halogens is 5. The number of alkyl halides is 3. The lowest BCUT2D eigenvalue weighted by Gasteiger charge is -2.30. The minimum atomic E-state index is -4.42. The number of hydrogen-bond donors (Lipinski definition) is 0. The largest absolute Gasteiger partial charge is 0.411 e. The molecule has 136 valence electrons. The van der Waals surface area contributed by atoms with Gasteiger partial charge >= 0.3 is 6.18 Å². The van der Waals surface area contributed by atoms with E-state index < -0.39 is 24.7 Å². The average molecular weight is 408 g/mol. The second kappa shape index (κ2) is 7.11. The first kappa shape index (κ1) is 18.4. The maximum absolute atomic E-state index is 12.4. The Labute approximate surface area is 151 Å². The van der Waals surface area contributed by atoms with Gasteiger partial charge in [0.15, 0.2) is 6.29 Å². The highest BCUT2D eigenvalue weighted by Crippen LogP contribution is 2.44. The molecule has 10 heteroatoms. The fraction of sp³-hybridized carbons (Fsp3) is 0.467. The third kappa shape index (κ3) is 4.44. The fourth-order valence-electron chi connectivity index (χ4n) is 2.86. The molecule has 1 aliphatic heterocycles. The molecule has 1 aromatic carbocycles. The number of rotatable bonds is 5. The summed E-state index contributed by atoms with van der Waals surface area (Å²) >= 11 is 12.2. The standard InChI is InChI=1S/C15H14Cl2F3N3O2/c16-10-1-2-11(12(17)5-10)14(6-23-9-21-8-22-23)4-3-13(25-14)24-7-15(18,19)20/h1-2,5,8-9,13H,3-4,6-7H2/t13-,14-/m1/s1/i1+2,2+2,5+2,10+2,11+2,12+2. The van der Waals surface area contributed by atoms with Crippen molar-refractivity contribution in [2.75, 3.05) is 6.61 Å². The van der Waals surface area contributed by atoms with Crippen LogP contribution in [0.4, 0.5) is 13.2 Å². The molecular formula is C15H14Cl2F3N3O2. The average Bonchev–Trinajstić information content (AvgIpc) is 3.15. The summed E-state index contributed by atoms with van der Waals surface area (Å²) in [6.45, 7) is -1.13. The van der Waals surface area contributed by atoms with Crippen LogP contribution in [0, 0.1) is 0 Å². The van der Waals surface area contributed by atoms with Gasteiger partial charge in [-0.1, -0.05) is 29.3 Å². The number of ether oxygens (including phenoxy) is 2. The van der Waals surface area contributed by atoms with Gasteiger partial charge in [0, 0.05) is 22.0 Å². The molecule has 2 heterocycles. The lowest BCUT2D eigenvalue weighted by molar-refractivity contribution is -0.239. The Morgan fingerprint density at radius 1 is 1.40 bits per heavy atom. The van der Waals surface area contributed by atoms with Crippen LogP contribution < -0.4 is 0 Å². The summed E-state index contributed by atoms with van der Waals surface area (Å²) < 4.78 is 49.5. The highest BCUT2D eigenvalue weighted by atomic mass is 35.5. The summed E-state index contributed by atoms with van der Waals surface area (Å²) in [4.78, 5) is 3.88. The van der Waals surface area contributed by atoms with E-state index in [1.165, 1.54) is 17.3 Å². The molecule has 1 aromatic heterocycles. The highest BCUT2D eigenvalue weighted by molar-refractivity contribution is 6.35. The third-order valence-electron chi connectivity index (χ3n) is 3.88. The van der Waals surface area contributed by atoms with Crippen LogP contribution in [-0.2, 0) is 21.6 Å². The van der Waals surface area contributed by atoms with Crippen LogP contribution in [0.25, 0.3) is 0 Å². The van der Waals surface area contributed by atoms with E-state index in [9.17, 15) is 13.2 Å². The molecule has 25 heavy (non-hydrogen) atoms. The maximum Gasteiger partial charge on any atom is 0.411 e. The van der Waals surface area contributed by atoms with E-state index >= 15 is 0 Å². The van der Waals surface area contributed by atoms with E-state index in [0.29, 0.717) is 28.5 Å². The first-order chi connectivity index (χ1) is 11.8. The van der Waals surface area contributed by atoms with Gasteiger partial charge in [0.2, 0.25) is 0 Å². The quantitative estimate of drug-likeness (QED) is 0.745. The van der Waals surface area contributed by atoms with Crippen LogP contribution in [-0.4, -0.2) is 33.8 Å². The monoisotopic (exact) mass is 407 g/mol. The van der Waals surface area contributed by atoms with Gasteiger partial charge in [-0.3, -0.25) is 0 Å². The third-order valence-corrected chi connectivity index (χ3v) is 4.43. The van der Waals surface area contributed by atoms with E-state index in [1.54, 1.807) is 18.2 Å². The molecular weight excluding hydrogens is 394 g/mol. The van der Waals surface area contributed by atoms with Crippen LogP contribution >= 0.6 is 23.2 Å². The summed E-state index contributed by atoms with van der Waals surface area (Å²) in [5, 5.41) is 4.86. The lowest BCUT2D eigenvalue weighted by atomic mass is 10.1. The van der Waals surface area contributed by atoms with Gasteiger partial charge in [-0.25, -0.2) is 9.67 Å².